The van der Waals surface area contributed by atoms with E-state index in [4.69, 9.17) is 0 Å². The van der Waals surface area contributed by atoms with Crippen molar-refractivity contribution < 1.29 is 9.90 Å². The molecule has 3 heteroatoms. The van der Waals surface area contributed by atoms with Gasteiger partial charge in [0.2, 0.25) is 5.91 Å². The van der Waals surface area contributed by atoms with Gasteiger partial charge in [0.15, 0.2) is 0 Å². The Morgan fingerprint density at radius 1 is 0.800 bits per heavy atom. The van der Waals surface area contributed by atoms with E-state index in [0.717, 1.165) is 16.7 Å². The molecular weight excluding hydrogens is 310 g/mol. The summed E-state index contributed by atoms with van der Waals surface area (Å²) < 4.78 is 0. The molecule has 3 aromatic rings. The molecule has 3 aromatic carbocycles. The lowest BCUT2D eigenvalue weighted by atomic mass is 9.90. The highest BCUT2D eigenvalue weighted by Gasteiger charge is 2.22. The highest BCUT2D eigenvalue weighted by molar-refractivity contribution is 5.98. The normalized spacial score (nSPS) is 12.0. The zero-order valence-corrected chi connectivity index (χ0v) is 14.1. The average molecular weight is 331 g/mol. The summed E-state index contributed by atoms with van der Waals surface area (Å²) in [4.78, 5) is 13.0. The largest absolute Gasteiger partial charge is 0.389 e. The summed E-state index contributed by atoms with van der Waals surface area (Å²) in [5.41, 5.74) is 3.34. The van der Waals surface area contributed by atoms with Gasteiger partial charge in [-0.15, -0.1) is 0 Å². The Morgan fingerprint density at radius 3 is 1.84 bits per heavy atom. The SMILES string of the molecule is C[C@@H](O)c1cccc(NC(=O)C(c2ccccc2)c2ccccc2)c1. The molecule has 0 saturated carbocycles. The van der Waals surface area contributed by atoms with Crippen molar-refractivity contribution in [2.45, 2.75) is 18.9 Å². The number of nitrogens with one attached hydrogen (secondary N) is 1. The lowest BCUT2D eigenvalue weighted by Gasteiger charge is -2.18. The van der Waals surface area contributed by atoms with Crippen molar-refractivity contribution in [3.05, 3.63) is 102 Å². The van der Waals surface area contributed by atoms with Gasteiger partial charge in [-0.2, -0.15) is 0 Å². The van der Waals surface area contributed by atoms with E-state index in [2.05, 4.69) is 5.32 Å². The molecule has 3 nitrogen and oxygen atoms in total. The van der Waals surface area contributed by atoms with Gasteiger partial charge in [0.05, 0.1) is 12.0 Å². The molecule has 0 bridgehead atoms. The lowest BCUT2D eigenvalue weighted by molar-refractivity contribution is -0.116. The summed E-state index contributed by atoms with van der Waals surface area (Å²) >= 11 is 0. The molecule has 0 unspecified atom stereocenters. The van der Waals surface area contributed by atoms with Gasteiger partial charge in [0.1, 0.15) is 0 Å². The van der Waals surface area contributed by atoms with Crippen molar-refractivity contribution in [1.29, 1.82) is 0 Å². The molecule has 3 rings (SSSR count). The second kappa shape index (κ2) is 7.77. The summed E-state index contributed by atoms with van der Waals surface area (Å²) in [5, 5.41) is 12.7. The highest BCUT2D eigenvalue weighted by atomic mass is 16.3. The number of benzene rings is 3. The van der Waals surface area contributed by atoms with Crippen molar-refractivity contribution in [2.75, 3.05) is 5.32 Å². The fraction of sp³-hybridized carbons (Fsp3) is 0.136. The molecule has 2 N–H and O–H groups in total. The van der Waals surface area contributed by atoms with Crippen LogP contribution in [0.25, 0.3) is 0 Å². The first-order valence-corrected chi connectivity index (χ1v) is 8.34. The molecule has 1 amide bonds. The summed E-state index contributed by atoms with van der Waals surface area (Å²) in [6.07, 6.45) is -0.573. The average Bonchev–Trinajstić information content (AvgIpc) is 2.64. The third-order valence-corrected chi connectivity index (χ3v) is 4.16. The molecule has 0 saturated heterocycles. The zero-order valence-electron chi connectivity index (χ0n) is 14.1. The first-order valence-electron chi connectivity index (χ1n) is 8.34. The highest BCUT2D eigenvalue weighted by Crippen LogP contribution is 2.27. The molecule has 0 spiro atoms. The summed E-state index contributed by atoms with van der Waals surface area (Å²) in [5.74, 6) is -0.488. The van der Waals surface area contributed by atoms with Gasteiger partial charge in [0.25, 0.3) is 0 Å². The number of hydrogen-bond acceptors (Lipinski definition) is 2. The fourth-order valence-corrected chi connectivity index (χ4v) is 2.88. The molecule has 0 aliphatic heterocycles. The zero-order chi connectivity index (χ0) is 17.6. The van der Waals surface area contributed by atoms with Gasteiger partial charge in [-0.1, -0.05) is 72.8 Å². The molecule has 126 valence electrons. The fourth-order valence-electron chi connectivity index (χ4n) is 2.88. The maximum atomic E-state index is 13.0. The number of amides is 1. The molecular formula is C22H21NO2. The Hall–Kier alpha value is -2.91. The number of aliphatic hydroxyl groups is 1. The van der Waals surface area contributed by atoms with Crippen molar-refractivity contribution in [3.63, 3.8) is 0 Å². The smallest absolute Gasteiger partial charge is 0.236 e. The van der Waals surface area contributed by atoms with Gasteiger partial charge in [-0.05, 0) is 35.7 Å². The van der Waals surface area contributed by atoms with E-state index >= 15 is 0 Å². The minimum absolute atomic E-state index is 0.0971. The van der Waals surface area contributed by atoms with Crippen LogP contribution in [0.5, 0.6) is 0 Å². The lowest BCUT2D eigenvalue weighted by Crippen LogP contribution is -2.22. The number of hydrogen-bond donors (Lipinski definition) is 2. The quantitative estimate of drug-likeness (QED) is 0.722. The van der Waals surface area contributed by atoms with E-state index in [0.29, 0.717) is 5.69 Å². The van der Waals surface area contributed by atoms with Crippen LogP contribution in [0.3, 0.4) is 0 Å². The van der Waals surface area contributed by atoms with Gasteiger partial charge < -0.3 is 10.4 Å². The van der Waals surface area contributed by atoms with Crippen molar-refractivity contribution in [1.82, 2.24) is 0 Å². The van der Waals surface area contributed by atoms with Crippen LogP contribution in [0.4, 0.5) is 5.69 Å². The van der Waals surface area contributed by atoms with E-state index in [1.807, 2.05) is 78.9 Å². The third kappa shape index (κ3) is 4.14. The second-order valence-corrected chi connectivity index (χ2v) is 6.05. The van der Waals surface area contributed by atoms with Crippen LogP contribution in [0.15, 0.2) is 84.9 Å². The Bertz CT molecular complexity index is 789. The summed E-state index contributed by atoms with van der Waals surface area (Å²) in [6, 6.07) is 26.8. The molecule has 0 radical (unpaired) electrons. The summed E-state index contributed by atoms with van der Waals surface area (Å²) in [6.45, 7) is 1.71. The van der Waals surface area contributed by atoms with Crippen LogP contribution in [-0.4, -0.2) is 11.0 Å². The molecule has 0 aliphatic carbocycles. The van der Waals surface area contributed by atoms with E-state index in [-0.39, 0.29) is 5.91 Å². The Balaban J connectivity index is 1.91. The van der Waals surface area contributed by atoms with Crippen molar-refractivity contribution in [3.8, 4) is 0 Å². The van der Waals surface area contributed by atoms with Gasteiger partial charge in [-0.25, -0.2) is 0 Å². The summed E-state index contributed by atoms with van der Waals surface area (Å²) in [7, 11) is 0. The predicted octanol–water partition coefficient (Wildman–Crippen LogP) is 4.51. The van der Waals surface area contributed by atoms with Crippen LogP contribution in [-0.2, 0) is 4.79 Å². The molecule has 0 aromatic heterocycles. The number of aliphatic hydroxyl groups excluding tert-OH is 1. The number of rotatable bonds is 5. The second-order valence-electron chi connectivity index (χ2n) is 6.05. The van der Waals surface area contributed by atoms with Crippen LogP contribution >= 0.6 is 0 Å². The van der Waals surface area contributed by atoms with Gasteiger partial charge in [0, 0.05) is 5.69 Å². The Morgan fingerprint density at radius 2 is 1.32 bits per heavy atom. The van der Waals surface area contributed by atoms with Gasteiger partial charge >= 0.3 is 0 Å². The number of anilines is 1. The van der Waals surface area contributed by atoms with E-state index < -0.39 is 12.0 Å². The van der Waals surface area contributed by atoms with Crippen molar-refractivity contribution in [2.24, 2.45) is 0 Å². The Kier molecular flexibility index (Phi) is 5.26. The number of carbonyl (C=O) groups excluding carboxylic acids is 1. The van der Waals surface area contributed by atoms with E-state index in [1.165, 1.54) is 0 Å². The number of carbonyl (C=O) groups is 1. The Labute approximate surface area is 148 Å². The van der Waals surface area contributed by atoms with Crippen LogP contribution < -0.4 is 5.32 Å². The molecule has 0 aliphatic rings. The van der Waals surface area contributed by atoms with Crippen molar-refractivity contribution >= 4 is 11.6 Å². The topological polar surface area (TPSA) is 49.3 Å². The molecule has 0 heterocycles. The first kappa shape index (κ1) is 16.9. The molecule has 25 heavy (non-hydrogen) atoms. The molecule has 1 atom stereocenters. The van der Waals surface area contributed by atoms with Gasteiger partial charge in [-0.3, -0.25) is 4.79 Å². The minimum atomic E-state index is -0.573. The predicted molar refractivity (Wildman–Crippen MR) is 100 cm³/mol. The van der Waals surface area contributed by atoms with E-state index in [1.54, 1.807) is 13.0 Å². The van der Waals surface area contributed by atoms with E-state index in [9.17, 15) is 9.90 Å². The minimum Gasteiger partial charge on any atom is -0.389 e. The monoisotopic (exact) mass is 331 g/mol. The maximum Gasteiger partial charge on any atom is 0.236 e. The maximum absolute atomic E-state index is 13.0. The standard InChI is InChI=1S/C22H21NO2/c1-16(24)19-13-8-14-20(15-19)23-22(25)21(17-9-4-2-5-10-17)18-11-6-3-7-12-18/h2-16,21,24H,1H3,(H,23,25)/t16-/m1/s1. The van der Waals surface area contributed by atoms with Crippen LogP contribution in [0, 0.1) is 0 Å². The molecule has 0 fully saturated rings. The van der Waals surface area contributed by atoms with Crippen LogP contribution in [0.1, 0.15) is 35.6 Å². The first-order chi connectivity index (χ1) is 12.1. The third-order valence-electron chi connectivity index (χ3n) is 4.16. The van der Waals surface area contributed by atoms with Crippen LogP contribution in [0.2, 0.25) is 0 Å².